The molecule has 0 unspecified atom stereocenters. The van der Waals surface area contributed by atoms with Crippen LogP contribution in [0.3, 0.4) is 0 Å². The first-order valence-corrected chi connectivity index (χ1v) is 8.49. The van der Waals surface area contributed by atoms with E-state index in [1.807, 2.05) is 18.2 Å². The summed E-state index contributed by atoms with van der Waals surface area (Å²) in [5.74, 6) is -0.0919. The molecule has 1 aliphatic heterocycles. The molecule has 7 nitrogen and oxygen atoms in total. The van der Waals surface area contributed by atoms with E-state index in [2.05, 4.69) is 15.5 Å². The fourth-order valence-corrected chi connectivity index (χ4v) is 2.91. The zero-order chi connectivity index (χ0) is 17.6. The van der Waals surface area contributed by atoms with Gasteiger partial charge in [0.05, 0.1) is 12.3 Å². The summed E-state index contributed by atoms with van der Waals surface area (Å²) in [5, 5.41) is 9.86. The van der Waals surface area contributed by atoms with Crippen LogP contribution in [-0.4, -0.2) is 52.8 Å². The monoisotopic (exact) mass is 342 g/mol. The zero-order valence-electron chi connectivity index (χ0n) is 14.2. The summed E-state index contributed by atoms with van der Waals surface area (Å²) < 4.78 is 5.00. The van der Waals surface area contributed by atoms with Gasteiger partial charge in [-0.3, -0.25) is 9.89 Å². The largest absolute Gasteiger partial charge is 0.450 e. The van der Waals surface area contributed by atoms with Crippen molar-refractivity contribution in [2.24, 2.45) is 0 Å². The Bertz CT molecular complexity index is 704. The lowest BCUT2D eigenvalue weighted by atomic mass is 10.0. The molecule has 0 spiro atoms. The predicted molar refractivity (Wildman–Crippen MR) is 93.1 cm³/mol. The van der Waals surface area contributed by atoms with Crippen molar-refractivity contribution in [3.05, 3.63) is 42.1 Å². The first kappa shape index (κ1) is 17.0. The topological polar surface area (TPSA) is 87.3 Å². The smallest absolute Gasteiger partial charge is 0.409 e. The number of hydrogen-bond acceptors (Lipinski definition) is 4. The van der Waals surface area contributed by atoms with Crippen LogP contribution in [0.2, 0.25) is 0 Å². The Kier molecular flexibility index (Phi) is 5.33. The molecule has 1 aromatic heterocycles. The molecule has 132 valence electrons. The second-order valence-corrected chi connectivity index (χ2v) is 5.98. The Morgan fingerprint density at radius 2 is 1.96 bits per heavy atom. The fraction of sp³-hybridized carbons (Fsp3) is 0.389. The zero-order valence-corrected chi connectivity index (χ0v) is 14.2. The maximum atomic E-state index is 12.4. The highest BCUT2D eigenvalue weighted by Gasteiger charge is 2.24. The normalized spacial score (nSPS) is 15.0. The first-order valence-electron chi connectivity index (χ1n) is 8.49. The Labute approximate surface area is 146 Å². The predicted octanol–water partition coefficient (Wildman–Crippen LogP) is 2.43. The minimum atomic E-state index is -0.276. The molecule has 2 amide bonds. The van der Waals surface area contributed by atoms with E-state index in [4.69, 9.17) is 4.74 Å². The van der Waals surface area contributed by atoms with E-state index in [0.29, 0.717) is 25.3 Å². The van der Waals surface area contributed by atoms with Gasteiger partial charge >= 0.3 is 6.09 Å². The minimum Gasteiger partial charge on any atom is -0.450 e. The maximum absolute atomic E-state index is 12.4. The second-order valence-electron chi connectivity index (χ2n) is 5.98. The molecular formula is C18H22N4O3. The molecule has 2 aromatic rings. The van der Waals surface area contributed by atoms with E-state index < -0.39 is 0 Å². The summed E-state index contributed by atoms with van der Waals surface area (Å²) in [6.45, 7) is 3.37. The number of ether oxygens (including phenoxy) is 1. The molecule has 0 aliphatic carbocycles. The lowest BCUT2D eigenvalue weighted by molar-refractivity contribution is 0.0860. The first-order chi connectivity index (χ1) is 12.2. The number of carbonyl (C=O) groups is 2. The van der Waals surface area contributed by atoms with Crippen molar-refractivity contribution in [3.63, 3.8) is 0 Å². The van der Waals surface area contributed by atoms with Crippen LogP contribution in [-0.2, 0) is 4.74 Å². The summed E-state index contributed by atoms with van der Waals surface area (Å²) in [4.78, 5) is 25.8. The van der Waals surface area contributed by atoms with Crippen molar-refractivity contribution < 1.29 is 14.3 Å². The molecule has 0 saturated carbocycles. The standard InChI is InChI=1S/C18H22N4O3/c1-2-25-18(24)22-11-8-15(9-12-22)20-17(23)14-5-3-13(4-6-14)16-7-10-19-21-16/h3-7,10,15H,2,8-9,11-12H2,1H3,(H,19,21)(H,20,23). The van der Waals surface area contributed by atoms with Crippen LogP contribution in [0.15, 0.2) is 36.5 Å². The number of rotatable bonds is 4. The van der Waals surface area contributed by atoms with Gasteiger partial charge in [-0.1, -0.05) is 12.1 Å². The number of piperidine rings is 1. The average molecular weight is 342 g/mol. The van der Waals surface area contributed by atoms with Crippen LogP contribution >= 0.6 is 0 Å². The number of nitrogens with one attached hydrogen (secondary N) is 2. The summed E-state index contributed by atoms with van der Waals surface area (Å²) in [6.07, 6.45) is 2.88. The molecule has 0 radical (unpaired) electrons. The Hall–Kier alpha value is -2.83. The van der Waals surface area contributed by atoms with Crippen LogP contribution in [0.5, 0.6) is 0 Å². The number of carbonyl (C=O) groups excluding carboxylic acids is 2. The molecule has 2 heterocycles. The highest BCUT2D eigenvalue weighted by molar-refractivity contribution is 5.94. The van der Waals surface area contributed by atoms with Gasteiger partial charge in [0.1, 0.15) is 0 Å². The van der Waals surface area contributed by atoms with E-state index in [9.17, 15) is 9.59 Å². The fourth-order valence-electron chi connectivity index (χ4n) is 2.91. The molecule has 1 saturated heterocycles. The number of benzene rings is 1. The van der Waals surface area contributed by atoms with E-state index in [1.165, 1.54) is 0 Å². The molecule has 25 heavy (non-hydrogen) atoms. The van der Waals surface area contributed by atoms with Crippen molar-refractivity contribution in [1.82, 2.24) is 20.4 Å². The quantitative estimate of drug-likeness (QED) is 0.893. The van der Waals surface area contributed by atoms with E-state index in [0.717, 1.165) is 24.1 Å². The van der Waals surface area contributed by atoms with Gasteiger partial charge in [-0.2, -0.15) is 5.10 Å². The molecule has 1 aliphatic rings. The van der Waals surface area contributed by atoms with Crippen LogP contribution in [0.25, 0.3) is 11.3 Å². The van der Waals surface area contributed by atoms with Gasteiger partial charge in [0.25, 0.3) is 5.91 Å². The third kappa shape index (κ3) is 4.17. The highest BCUT2D eigenvalue weighted by atomic mass is 16.6. The van der Waals surface area contributed by atoms with Crippen molar-refractivity contribution in [2.45, 2.75) is 25.8 Å². The molecule has 3 rings (SSSR count). The van der Waals surface area contributed by atoms with Gasteiger partial charge in [-0.25, -0.2) is 4.79 Å². The van der Waals surface area contributed by atoms with E-state index in [-0.39, 0.29) is 18.0 Å². The van der Waals surface area contributed by atoms with E-state index in [1.54, 1.807) is 30.2 Å². The lowest BCUT2D eigenvalue weighted by Crippen LogP contribution is -2.46. The average Bonchev–Trinajstić information content (AvgIpc) is 3.17. The molecular weight excluding hydrogens is 320 g/mol. The maximum Gasteiger partial charge on any atom is 0.409 e. The van der Waals surface area contributed by atoms with Gasteiger partial charge in [0, 0.05) is 30.9 Å². The number of aromatic nitrogens is 2. The van der Waals surface area contributed by atoms with Gasteiger partial charge in [0.2, 0.25) is 0 Å². The van der Waals surface area contributed by atoms with Crippen molar-refractivity contribution in [1.29, 1.82) is 0 Å². The molecule has 1 aromatic carbocycles. The molecule has 7 heteroatoms. The molecule has 2 N–H and O–H groups in total. The number of nitrogens with zero attached hydrogens (tertiary/aromatic N) is 2. The minimum absolute atomic E-state index is 0.0745. The van der Waals surface area contributed by atoms with Crippen molar-refractivity contribution >= 4 is 12.0 Å². The Balaban J connectivity index is 1.52. The lowest BCUT2D eigenvalue weighted by Gasteiger charge is -2.31. The van der Waals surface area contributed by atoms with Crippen molar-refractivity contribution in [2.75, 3.05) is 19.7 Å². The summed E-state index contributed by atoms with van der Waals surface area (Å²) >= 11 is 0. The SMILES string of the molecule is CCOC(=O)N1CCC(NC(=O)c2ccc(-c3ccn[nH]3)cc2)CC1. The number of H-pyrrole nitrogens is 1. The van der Waals surface area contributed by atoms with Gasteiger partial charge in [-0.15, -0.1) is 0 Å². The summed E-state index contributed by atoms with van der Waals surface area (Å²) in [6, 6.07) is 9.35. The van der Waals surface area contributed by atoms with Gasteiger partial charge < -0.3 is 15.0 Å². The second kappa shape index (κ2) is 7.83. The Morgan fingerprint density at radius 1 is 1.24 bits per heavy atom. The van der Waals surface area contributed by atoms with Crippen LogP contribution in [0, 0.1) is 0 Å². The van der Waals surface area contributed by atoms with Gasteiger partial charge in [-0.05, 0) is 43.5 Å². The number of likely N-dealkylation sites (tertiary alicyclic amines) is 1. The number of aromatic amines is 1. The third-order valence-corrected chi connectivity index (χ3v) is 4.32. The molecule has 0 bridgehead atoms. The number of amides is 2. The van der Waals surface area contributed by atoms with Crippen molar-refractivity contribution in [3.8, 4) is 11.3 Å². The number of hydrogen-bond donors (Lipinski definition) is 2. The van der Waals surface area contributed by atoms with Crippen LogP contribution < -0.4 is 5.32 Å². The summed E-state index contributed by atoms with van der Waals surface area (Å²) in [5.41, 5.74) is 2.52. The molecule has 0 atom stereocenters. The van der Waals surface area contributed by atoms with Gasteiger partial charge in [0.15, 0.2) is 0 Å². The summed E-state index contributed by atoms with van der Waals surface area (Å²) in [7, 11) is 0. The highest BCUT2D eigenvalue weighted by Crippen LogP contribution is 2.17. The Morgan fingerprint density at radius 3 is 2.56 bits per heavy atom. The van der Waals surface area contributed by atoms with Crippen LogP contribution in [0.4, 0.5) is 4.79 Å². The van der Waals surface area contributed by atoms with Crippen LogP contribution in [0.1, 0.15) is 30.1 Å². The molecule has 1 fully saturated rings. The van der Waals surface area contributed by atoms with E-state index >= 15 is 0 Å². The third-order valence-electron chi connectivity index (χ3n) is 4.32.